The van der Waals surface area contributed by atoms with E-state index in [0.29, 0.717) is 5.56 Å². The van der Waals surface area contributed by atoms with Crippen LogP contribution in [0.25, 0.3) is 0 Å². The monoisotopic (exact) mass is 288 g/mol. The Labute approximate surface area is 116 Å². The van der Waals surface area contributed by atoms with Crippen LogP contribution in [0, 0.1) is 0 Å². The summed E-state index contributed by atoms with van der Waals surface area (Å²) in [5.41, 5.74) is 2.84. The highest BCUT2D eigenvalue weighted by molar-refractivity contribution is 5.95. The molecule has 3 nitrogen and oxygen atoms in total. The summed E-state index contributed by atoms with van der Waals surface area (Å²) in [5.74, 6) is -3.00. The molecule has 2 aliphatic rings. The van der Waals surface area contributed by atoms with Gasteiger partial charge in [-0.3, -0.25) is 4.79 Å². The second-order valence-corrected chi connectivity index (χ2v) is 4.93. The van der Waals surface area contributed by atoms with E-state index < -0.39 is 19.0 Å². The van der Waals surface area contributed by atoms with Gasteiger partial charge >= 0.3 is 0 Å². The van der Waals surface area contributed by atoms with Crippen molar-refractivity contribution in [1.82, 2.24) is 10.2 Å². The Balaban J connectivity index is 0.00000133. The number of carbonyl (C=O) groups is 1. The van der Waals surface area contributed by atoms with Gasteiger partial charge in [0.2, 0.25) is 0 Å². The molecule has 1 aromatic rings. The van der Waals surface area contributed by atoms with Crippen LogP contribution < -0.4 is 5.32 Å². The summed E-state index contributed by atoms with van der Waals surface area (Å²) in [6.07, 6.45) is 0.950. The van der Waals surface area contributed by atoms with E-state index in [1.54, 1.807) is 6.07 Å². The molecule has 1 aromatic carbocycles. The van der Waals surface area contributed by atoms with Gasteiger partial charge in [0.25, 0.3) is 11.8 Å². The molecule has 0 spiro atoms. The largest absolute Gasteiger partial charge is 0.326 e. The molecule has 1 saturated heterocycles. The Morgan fingerprint density at radius 3 is 2.68 bits per heavy atom. The maximum absolute atomic E-state index is 12.7. The van der Waals surface area contributed by atoms with Crippen molar-refractivity contribution in [2.24, 2.45) is 0 Å². The van der Waals surface area contributed by atoms with Crippen molar-refractivity contribution >= 4 is 18.3 Å². The molecule has 1 amide bonds. The minimum Gasteiger partial charge on any atom is -0.326 e. The number of likely N-dealkylation sites (tertiary alicyclic amines) is 1. The van der Waals surface area contributed by atoms with Gasteiger partial charge in [0.05, 0.1) is 13.1 Å². The zero-order valence-electron chi connectivity index (χ0n) is 10.3. The molecule has 2 aliphatic heterocycles. The molecule has 3 rings (SSSR count). The molecule has 19 heavy (non-hydrogen) atoms. The lowest BCUT2D eigenvalue weighted by atomic mass is 9.97. The van der Waals surface area contributed by atoms with E-state index in [2.05, 4.69) is 5.32 Å². The van der Waals surface area contributed by atoms with Crippen molar-refractivity contribution in [1.29, 1.82) is 0 Å². The van der Waals surface area contributed by atoms with Gasteiger partial charge < -0.3 is 10.2 Å². The molecule has 0 unspecified atom stereocenters. The first-order chi connectivity index (χ1) is 8.55. The van der Waals surface area contributed by atoms with Crippen molar-refractivity contribution in [2.45, 2.75) is 18.9 Å². The van der Waals surface area contributed by atoms with Gasteiger partial charge in [-0.2, -0.15) is 0 Å². The number of carbonyl (C=O) groups excluding carboxylic acids is 1. The van der Waals surface area contributed by atoms with Gasteiger partial charge in [0.15, 0.2) is 0 Å². The fourth-order valence-electron chi connectivity index (χ4n) is 2.45. The van der Waals surface area contributed by atoms with Gasteiger partial charge in [-0.25, -0.2) is 8.78 Å². The molecule has 6 heteroatoms. The fourth-order valence-corrected chi connectivity index (χ4v) is 2.45. The lowest BCUT2D eigenvalue weighted by Gasteiger charge is -2.38. The molecule has 2 heterocycles. The minimum atomic E-state index is -2.70. The molecular weight excluding hydrogens is 274 g/mol. The highest BCUT2D eigenvalue weighted by Gasteiger charge is 2.46. The Morgan fingerprint density at radius 1 is 1.26 bits per heavy atom. The van der Waals surface area contributed by atoms with Crippen LogP contribution in [-0.4, -0.2) is 36.4 Å². The van der Waals surface area contributed by atoms with Crippen LogP contribution >= 0.6 is 12.4 Å². The fraction of sp³-hybridized carbons (Fsp3) is 0.462. The number of rotatable bonds is 1. The van der Waals surface area contributed by atoms with Crippen molar-refractivity contribution < 1.29 is 13.6 Å². The van der Waals surface area contributed by atoms with E-state index in [9.17, 15) is 13.6 Å². The third kappa shape index (κ3) is 2.72. The zero-order valence-corrected chi connectivity index (χ0v) is 11.1. The maximum Gasteiger partial charge on any atom is 0.282 e. The van der Waals surface area contributed by atoms with E-state index in [-0.39, 0.29) is 18.3 Å². The Bertz CT molecular complexity index is 499. The topological polar surface area (TPSA) is 32.3 Å². The average molecular weight is 289 g/mol. The third-order valence-electron chi connectivity index (χ3n) is 3.47. The highest BCUT2D eigenvalue weighted by atomic mass is 35.5. The van der Waals surface area contributed by atoms with Gasteiger partial charge in [-0.05, 0) is 36.2 Å². The van der Waals surface area contributed by atoms with E-state index in [0.717, 1.165) is 25.1 Å². The van der Waals surface area contributed by atoms with Crippen molar-refractivity contribution in [3.05, 3.63) is 34.9 Å². The Morgan fingerprint density at radius 2 is 2.00 bits per heavy atom. The standard InChI is InChI=1S/C13H14F2N2O.ClH/c14-13(15)7-17(8-13)12(18)10-2-1-9-3-4-16-6-11(9)5-10;/h1-2,5,16H,3-4,6-8H2;1H. The zero-order chi connectivity index (χ0) is 12.8. The maximum atomic E-state index is 12.7. The lowest BCUT2D eigenvalue weighted by molar-refractivity contribution is -0.113. The van der Waals surface area contributed by atoms with Gasteiger partial charge in [-0.1, -0.05) is 6.07 Å². The van der Waals surface area contributed by atoms with Crippen LogP contribution in [0.1, 0.15) is 21.5 Å². The SMILES string of the molecule is Cl.O=C(c1ccc2c(c1)CNCC2)N1CC(F)(F)C1. The molecule has 0 radical (unpaired) electrons. The van der Waals surface area contributed by atoms with Crippen molar-refractivity contribution in [2.75, 3.05) is 19.6 Å². The van der Waals surface area contributed by atoms with E-state index in [1.165, 1.54) is 10.5 Å². The van der Waals surface area contributed by atoms with Crippen molar-refractivity contribution in [3.63, 3.8) is 0 Å². The predicted molar refractivity (Wildman–Crippen MR) is 70.0 cm³/mol. The normalized spacial score (nSPS) is 20.0. The summed E-state index contributed by atoms with van der Waals surface area (Å²) in [4.78, 5) is 13.2. The first-order valence-corrected chi connectivity index (χ1v) is 6.05. The number of fused-ring (bicyclic) bond motifs is 1. The van der Waals surface area contributed by atoms with Crippen LogP contribution in [0.2, 0.25) is 0 Å². The van der Waals surface area contributed by atoms with E-state index >= 15 is 0 Å². The first-order valence-electron chi connectivity index (χ1n) is 6.05. The van der Waals surface area contributed by atoms with Crippen LogP contribution in [0.3, 0.4) is 0 Å². The summed E-state index contributed by atoms with van der Waals surface area (Å²) in [6.45, 7) is 0.771. The summed E-state index contributed by atoms with van der Waals surface area (Å²) in [6, 6.07) is 5.49. The molecule has 0 atom stereocenters. The average Bonchev–Trinajstić information content (AvgIpc) is 2.34. The Kier molecular flexibility index (Phi) is 3.78. The predicted octanol–water partition coefficient (Wildman–Crippen LogP) is 1.85. The molecule has 0 bridgehead atoms. The molecule has 1 fully saturated rings. The lowest BCUT2D eigenvalue weighted by Crippen LogP contribution is -2.58. The van der Waals surface area contributed by atoms with E-state index in [4.69, 9.17) is 0 Å². The second-order valence-electron chi connectivity index (χ2n) is 4.93. The second kappa shape index (κ2) is 5.06. The molecule has 104 valence electrons. The molecule has 0 aliphatic carbocycles. The Hall–Kier alpha value is -1.20. The molecule has 0 aromatic heterocycles. The van der Waals surface area contributed by atoms with Gasteiger partial charge in [0.1, 0.15) is 0 Å². The molecular formula is C13H15ClF2N2O. The molecule has 0 saturated carbocycles. The van der Waals surface area contributed by atoms with E-state index in [1.807, 2.05) is 12.1 Å². The quantitative estimate of drug-likeness (QED) is 0.855. The number of nitrogens with zero attached hydrogens (tertiary/aromatic N) is 1. The summed E-state index contributed by atoms with van der Waals surface area (Å²) in [5, 5.41) is 3.23. The first kappa shape index (κ1) is 14.2. The number of nitrogens with one attached hydrogen (secondary N) is 1. The number of halogens is 3. The van der Waals surface area contributed by atoms with Crippen LogP contribution in [0.15, 0.2) is 18.2 Å². The number of hydrogen-bond donors (Lipinski definition) is 1. The smallest absolute Gasteiger partial charge is 0.282 e. The summed E-state index contributed by atoms with van der Waals surface area (Å²) >= 11 is 0. The minimum absolute atomic E-state index is 0. The van der Waals surface area contributed by atoms with Gasteiger partial charge in [-0.15, -0.1) is 12.4 Å². The van der Waals surface area contributed by atoms with Crippen LogP contribution in [0.4, 0.5) is 8.78 Å². The number of benzene rings is 1. The summed E-state index contributed by atoms with van der Waals surface area (Å²) < 4.78 is 25.5. The van der Waals surface area contributed by atoms with Crippen molar-refractivity contribution in [3.8, 4) is 0 Å². The number of hydrogen-bond acceptors (Lipinski definition) is 2. The van der Waals surface area contributed by atoms with Crippen LogP contribution in [0.5, 0.6) is 0 Å². The van der Waals surface area contributed by atoms with Crippen LogP contribution in [-0.2, 0) is 13.0 Å². The third-order valence-corrected chi connectivity index (χ3v) is 3.47. The highest BCUT2D eigenvalue weighted by Crippen LogP contribution is 2.28. The number of alkyl halides is 2. The number of amides is 1. The molecule has 1 N–H and O–H groups in total. The van der Waals surface area contributed by atoms with Gasteiger partial charge in [0, 0.05) is 12.1 Å². The summed E-state index contributed by atoms with van der Waals surface area (Å²) in [7, 11) is 0.